The summed E-state index contributed by atoms with van der Waals surface area (Å²) in [5.74, 6) is 0.454. The Bertz CT molecular complexity index is 897. The Morgan fingerprint density at radius 2 is 2.12 bits per heavy atom. The summed E-state index contributed by atoms with van der Waals surface area (Å²) < 4.78 is 7.01. The first kappa shape index (κ1) is 18.7. The van der Waals surface area contributed by atoms with E-state index in [1.165, 1.54) is 0 Å². The fourth-order valence-electron chi connectivity index (χ4n) is 3.08. The minimum Gasteiger partial charge on any atom is -0.438 e. The largest absolute Gasteiger partial charge is 0.438 e. The van der Waals surface area contributed by atoms with E-state index in [4.69, 9.17) is 22.1 Å². The van der Waals surface area contributed by atoms with Crippen molar-refractivity contribution in [1.82, 2.24) is 9.55 Å². The number of hydrogen-bond acceptors (Lipinski definition) is 4. The second kappa shape index (κ2) is 6.91. The van der Waals surface area contributed by atoms with Gasteiger partial charge in [-0.05, 0) is 43.2 Å². The third-order valence-electron chi connectivity index (χ3n) is 4.52. The van der Waals surface area contributed by atoms with Crippen LogP contribution in [0.15, 0.2) is 23.0 Å². The summed E-state index contributed by atoms with van der Waals surface area (Å²) in [5, 5.41) is 0.779. The van der Waals surface area contributed by atoms with E-state index in [0.717, 1.165) is 19.3 Å². The Hall–Kier alpha value is -2.08. The molecule has 1 aliphatic rings. The topological polar surface area (TPSA) is 87.2 Å². The van der Waals surface area contributed by atoms with Crippen LogP contribution in [0.25, 0.3) is 10.9 Å². The average Bonchev–Trinajstić information content (AvgIpc) is 3.34. The number of hydrogen-bond donors (Lipinski definition) is 1. The Morgan fingerprint density at radius 1 is 1.42 bits per heavy atom. The number of benzene rings is 1. The maximum Gasteiger partial charge on any atom is 0.405 e. The van der Waals surface area contributed by atoms with Gasteiger partial charge in [-0.2, -0.15) is 0 Å². The first-order valence-corrected chi connectivity index (χ1v) is 9.22. The maximum absolute atomic E-state index is 13.1. The van der Waals surface area contributed by atoms with Gasteiger partial charge < -0.3 is 10.5 Å². The summed E-state index contributed by atoms with van der Waals surface area (Å²) in [6.07, 6.45) is 1.59. The number of aromatic nitrogens is 2. The molecule has 0 radical (unpaired) electrons. The van der Waals surface area contributed by atoms with Gasteiger partial charge in [0.2, 0.25) is 0 Å². The van der Waals surface area contributed by atoms with Crippen LogP contribution in [0.4, 0.5) is 4.79 Å². The van der Waals surface area contributed by atoms with Crippen molar-refractivity contribution in [2.75, 3.05) is 0 Å². The molecule has 2 aromatic rings. The monoisotopic (exact) mass is 377 g/mol. The number of rotatable bonds is 5. The number of carbonyl (C=O) groups is 1. The first-order valence-electron chi connectivity index (χ1n) is 8.84. The summed E-state index contributed by atoms with van der Waals surface area (Å²) in [5.41, 5.74) is 5.65. The van der Waals surface area contributed by atoms with Gasteiger partial charge in [-0.1, -0.05) is 38.4 Å². The summed E-state index contributed by atoms with van der Waals surface area (Å²) in [6.45, 7) is 6.32. The fourth-order valence-corrected chi connectivity index (χ4v) is 3.33. The lowest BCUT2D eigenvalue weighted by atomic mass is 9.89. The van der Waals surface area contributed by atoms with Crippen LogP contribution in [-0.4, -0.2) is 15.6 Å². The molecule has 1 aromatic heterocycles. The summed E-state index contributed by atoms with van der Waals surface area (Å²) in [6, 6.07) is 5.25. The molecule has 2 N–H and O–H groups in total. The molecule has 1 heterocycles. The first-order chi connectivity index (χ1) is 12.2. The fraction of sp³-hybridized carbons (Fsp3) is 0.526. The van der Waals surface area contributed by atoms with E-state index in [-0.39, 0.29) is 17.0 Å². The number of nitrogens with two attached hydrogens (primary N) is 1. The predicted octanol–water partition coefficient (Wildman–Crippen LogP) is 4.35. The highest BCUT2D eigenvalue weighted by Gasteiger charge is 2.33. The lowest BCUT2D eigenvalue weighted by Gasteiger charge is -2.24. The van der Waals surface area contributed by atoms with Gasteiger partial charge in [-0.3, -0.25) is 9.36 Å². The quantitative estimate of drug-likeness (QED) is 0.839. The molecule has 26 heavy (non-hydrogen) atoms. The van der Waals surface area contributed by atoms with E-state index in [1.54, 1.807) is 22.8 Å². The molecule has 1 aliphatic carbocycles. The van der Waals surface area contributed by atoms with Crippen LogP contribution in [0.5, 0.6) is 0 Å². The smallest absolute Gasteiger partial charge is 0.405 e. The van der Waals surface area contributed by atoms with Crippen molar-refractivity contribution in [3.05, 3.63) is 39.4 Å². The number of amides is 1. The molecule has 0 aliphatic heterocycles. The zero-order valence-electron chi connectivity index (χ0n) is 15.3. The normalized spacial score (nSPS) is 15.8. The van der Waals surface area contributed by atoms with Crippen molar-refractivity contribution in [2.45, 2.75) is 58.6 Å². The van der Waals surface area contributed by atoms with Crippen LogP contribution in [0.3, 0.4) is 0 Å². The van der Waals surface area contributed by atoms with Gasteiger partial charge in [-0.15, -0.1) is 0 Å². The van der Waals surface area contributed by atoms with E-state index in [1.807, 2.05) is 0 Å². The van der Waals surface area contributed by atoms with Crippen molar-refractivity contribution in [3.63, 3.8) is 0 Å². The molecule has 1 unspecified atom stereocenters. The molecule has 1 saturated carbocycles. The Labute approximate surface area is 157 Å². The lowest BCUT2D eigenvalue weighted by molar-refractivity contribution is 0.0845. The van der Waals surface area contributed by atoms with Gasteiger partial charge in [0.25, 0.3) is 5.56 Å². The molecule has 1 aromatic carbocycles. The number of nitrogens with zero attached hydrogens (tertiary/aromatic N) is 2. The predicted molar refractivity (Wildman–Crippen MR) is 101 cm³/mol. The van der Waals surface area contributed by atoms with Crippen molar-refractivity contribution in [3.8, 4) is 0 Å². The van der Waals surface area contributed by atoms with Crippen molar-refractivity contribution < 1.29 is 9.53 Å². The highest BCUT2D eigenvalue weighted by Crippen LogP contribution is 2.38. The zero-order chi connectivity index (χ0) is 19.1. The number of halogens is 1. The highest BCUT2D eigenvalue weighted by molar-refractivity contribution is 6.35. The Morgan fingerprint density at radius 3 is 2.69 bits per heavy atom. The molecule has 0 saturated heterocycles. The minimum atomic E-state index is -0.869. The van der Waals surface area contributed by atoms with E-state index in [0.29, 0.717) is 28.2 Å². The molecule has 1 amide bonds. The number of primary amides is 1. The summed E-state index contributed by atoms with van der Waals surface area (Å²) in [4.78, 5) is 29.2. The molecule has 140 valence electrons. The minimum absolute atomic E-state index is 0.0458. The maximum atomic E-state index is 13.1. The second-order valence-electron chi connectivity index (χ2n) is 8.04. The number of carbonyl (C=O) groups excluding carboxylic acids is 1. The van der Waals surface area contributed by atoms with Crippen LogP contribution < -0.4 is 11.3 Å². The summed E-state index contributed by atoms with van der Waals surface area (Å²) >= 11 is 6.24. The zero-order valence-corrected chi connectivity index (χ0v) is 16.0. The van der Waals surface area contributed by atoms with Crippen molar-refractivity contribution >= 4 is 28.6 Å². The standard InChI is InChI=1S/C19H24ClN3O3/c1-19(2,3)10-9-14(26-18(21)25)16-22-13-6-4-5-12(20)15(13)17(24)23(16)11-7-8-11/h4-6,11,14H,7-10H2,1-3H3,(H2,21,25). The van der Waals surface area contributed by atoms with Crippen LogP contribution in [-0.2, 0) is 4.74 Å². The van der Waals surface area contributed by atoms with Gasteiger partial charge in [0.1, 0.15) is 0 Å². The Balaban J connectivity index is 2.14. The third kappa shape index (κ3) is 4.01. The summed E-state index contributed by atoms with van der Waals surface area (Å²) in [7, 11) is 0. The molecule has 6 nitrogen and oxygen atoms in total. The van der Waals surface area contributed by atoms with Crippen LogP contribution in [0.2, 0.25) is 5.02 Å². The van der Waals surface area contributed by atoms with E-state index >= 15 is 0 Å². The van der Waals surface area contributed by atoms with Gasteiger partial charge in [0.05, 0.1) is 15.9 Å². The van der Waals surface area contributed by atoms with E-state index in [9.17, 15) is 9.59 Å². The molecule has 7 heteroatoms. The van der Waals surface area contributed by atoms with Gasteiger partial charge in [-0.25, -0.2) is 9.78 Å². The molecular weight excluding hydrogens is 354 g/mol. The van der Waals surface area contributed by atoms with Crippen molar-refractivity contribution in [1.29, 1.82) is 0 Å². The molecular formula is C19H24ClN3O3. The Kier molecular flexibility index (Phi) is 4.97. The van der Waals surface area contributed by atoms with Gasteiger partial charge in [0.15, 0.2) is 11.9 Å². The molecule has 3 rings (SSSR count). The molecule has 1 fully saturated rings. The molecule has 1 atom stereocenters. The molecule has 0 bridgehead atoms. The highest BCUT2D eigenvalue weighted by atomic mass is 35.5. The number of fused-ring (bicyclic) bond motifs is 1. The van der Waals surface area contributed by atoms with E-state index in [2.05, 4.69) is 25.8 Å². The van der Waals surface area contributed by atoms with Gasteiger partial charge in [0, 0.05) is 6.04 Å². The van der Waals surface area contributed by atoms with Crippen LogP contribution in [0.1, 0.15) is 64.4 Å². The third-order valence-corrected chi connectivity index (χ3v) is 4.84. The second-order valence-corrected chi connectivity index (χ2v) is 8.44. The average molecular weight is 378 g/mol. The van der Waals surface area contributed by atoms with E-state index < -0.39 is 12.2 Å². The van der Waals surface area contributed by atoms with Gasteiger partial charge >= 0.3 is 6.09 Å². The number of ether oxygens (including phenoxy) is 1. The van der Waals surface area contributed by atoms with Crippen LogP contribution in [0, 0.1) is 5.41 Å². The lowest BCUT2D eigenvalue weighted by Crippen LogP contribution is -2.29. The SMILES string of the molecule is CC(C)(C)CCC(OC(N)=O)c1nc2cccc(Cl)c2c(=O)n1C1CC1. The molecule has 0 spiro atoms. The van der Waals surface area contributed by atoms with Crippen molar-refractivity contribution in [2.24, 2.45) is 11.1 Å². The van der Waals surface area contributed by atoms with Crippen LogP contribution >= 0.6 is 11.6 Å².